The third-order valence-corrected chi connectivity index (χ3v) is 10.2. The van der Waals surface area contributed by atoms with Crippen molar-refractivity contribution in [2.75, 3.05) is 13.2 Å². The monoisotopic (exact) mass is 871 g/mol. The molecule has 0 aliphatic heterocycles. The summed E-state index contributed by atoms with van der Waals surface area (Å²) in [5, 5.41) is 0. The number of carbonyl (C=O) groups is 3. The summed E-state index contributed by atoms with van der Waals surface area (Å²) in [6.45, 7) is 6.26. The zero-order valence-electron chi connectivity index (χ0n) is 40.3. The number of hydrogen-bond acceptors (Lipinski definition) is 6. The zero-order chi connectivity index (χ0) is 45.8. The molecule has 0 aliphatic rings. The predicted octanol–water partition coefficient (Wildman–Crippen LogP) is 16.5. The molecule has 0 N–H and O–H groups in total. The van der Waals surface area contributed by atoms with Crippen LogP contribution in [0.2, 0.25) is 0 Å². The van der Waals surface area contributed by atoms with E-state index in [0.717, 1.165) is 83.5 Å². The summed E-state index contributed by atoms with van der Waals surface area (Å²) in [6.07, 6.45) is 68.9. The van der Waals surface area contributed by atoms with E-state index in [9.17, 15) is 14.4 Å². The number of unbranched alkanes of at least 4 members (excludes halogenated alkanes) is 20. The van der Waals surface area contributed by atoms with Gasteiger partial charge < -0.3 is 14.2 Å². The largest absolute Gasteiger partial charge is 0.462 e. The first-order valence-corrected chi connectivity index (χ1v) is 25.2. The van der Waals surface area contributed by atoms with E-state index in [1.165, 1.54) is 77.0 Å². The van der Waals surface area contributed by atoms with Crippen molar-refractivity contribution in [2.24, 2.45) is 0 Å². The Kier molecular flexibility index (Phi) is 47.1. The Morgan fingerprint density at radius 2 is 0.619 bits per heavy atom. The summed E-state index contributed by atoms with van der Waals surface area (Å²) >= 11 is 0. The molecule has 0 fully saturated rings. The molecule has 0 radical (unpaired) electrons. The van der Waals surface area contributed by atoms with E-state index in [0.29, 0.717) is 19.3 Å². The van der Waals surface area contributed by atoms with Crippen molar-refractivity contribution in [2.45, 2.75) is 207 Å². The molecule has 0 aliphatic carbocycles. The number of esters is 3. The predicted molar refractivity (Wildman–Crippen MR) is 269 cm³/mol. The lowest BCUT2D eigenvalue weighted by molar-refractivity contribution is -0.167. The summed E-state index contributed by atoms with van der Waals surface area (Å²) < 4.78 is 16.7. The minimum Gasteiger partial charge on any atom is -0.462 e. The van der Waals surface area contributed by atoms with E-state index in [-0.39, 0.29) is 31.1 Å². The van der Waals surface area contributed by atoms with Gasteiger partial charge in [-0.2, -0.15) is 0 Å². The van der Waals surface area contributed by atoms with E-state index < -0.39 is 6.10 Å². The van der Waals surface area contributed by atoms with Crippen LogP contribution in [0.5, 0.6) is 0 Å². The molecule has 0 rings (SSSR count). The van der Waals surface area contributed by atoms with Gasteiger partial charge in [0.1, 0.15) is 13.2 Å². The number of rotatable bonds is 43. The molecular weight excluding hydrogens is 781 g/mol. The highest BCUT2D eigenvalue weighted by molar-refractivity contribution is 5.71. The highest BCUT2D eigenvalue weighted by atomic mass is 16.6. The van der Waals surface area contributed by atoms with Crippen molar-refractivity contribution in [1.29, 1.82) is 0 Å². The Hall–Kier alpha value is -4.19. The average Bonchev–Trinajstić information content (AvgIpc) is 3.28. The first kappa shape index (κ1) is 58.8. The molecule has 0 amide bonds. The summed E-state index contributed by atoms with van der Waals surface area (Å²) in [4.78, 5) is 37.9. The second-order valence-electron chi connectivity index (χ2n) is 16.2. The molecule has 0 aromatic heterocycles. The summed E-state index contributed by atoms with van der Waals surface area (Å²) in [5.74, 6) is -1.00. The number of carbonyl (C=O) groups excluding carboxylic acids is 3. The van der Waals surface area contributed by atoms with Gasteiger partial charge in [-0.15, -0.1) is 0 Å². The van der Waals surface area contributed by atoms with Crippen molar-refractivity contribution in [3.63, 3.8) is 0 Å². The van der Waals surface area contributed by atoms with E-state index in [2.05, 4.69) is 45.1 Å². The minimum absolute atomic E-state index is 0.115. The molecule has 0 bridgehead atoms. The van der Waals surface area contributed by atoms with Gasteiger partial charge in [0.05, 0.1) is 0 Å². The van der Waals surface area contributed by atoms with Crippen LogP contribution in [0.15, 0.2) is 122 Å². The third-order valence-electron chi connectivity index (χ3n) is 10.2. The second kappa shape index (κ2) is 50.5. The standard InChI is InChI=1S/C57H90O6/c1-4-7-10-13-16-19-22-25-27-28-30-32-35-38-41-44-47-50-56(59)62-53-54(52-61-55(58)49-46-43-40-37-34-31-24-21-18-15-12-9-6-3)63-57(60)51-48-45-42-39-36-33-29-26-23-20-17-14-11-8-5-2/h7,9-10,12-13,15-16,18-19,21-22,24-25,27-28,30-32,34-35,54H,4-6,8,11,14,17,20,23,26,29,33,36-53H2,1-3H3/b10-7-,12-9-,16-13-,18-15-,22-19-,24-21-,27-25-,30-28+,34-31-,35-32-. The minimum atomic E-state index is -0.814. The van der Waals surface area contributed by atoms with Gasteiger partial charge in [-0.3, -0.25) is 14.4 Å². The number of ether oxygens (including phenoxy) is 3. The highest BCUT2D eigenvalue weighted by Gasteiger charge is 2.19. The van der Waals surface area contributed by atoms with Crippen molar-refractivity contribution in [3.8, 4) is 0 Å². The topological polar surface area (TPSA) is 78.9 Å². The molecule has 0 spiro atoms. The molecule has 1 atom stereocenters. The molecule has 63 heavy (non-hydrogen) atoms. The Balaban J connectivity index is 4.55. The van der Waals surface area contributed by atoms with E-state index >= 15 is 0 Å². The Labute approximate surface area is 386 Å². The summed E-state index contributed by atoms with van der Waals surface area (Å²) in [7, 11) is 0. The lowest BCUT2D eigenvalue weighted by Crippen LogP contribution is -2.30. The van der Waals surface area contributed by atoms with Gasteiger partial charge >= 0.3 is 17.9 Å². The van der Waals surface area contributed by atoms with E-state index in [1.807, 2.05) is 97.2 Å². The van der Waals surface area contributed by atoms with E-state index in [1.54, 1.807) is 0 Å². The summed E-state index contributed by atoms with van der Waals surface area (Å²) in [5.41, 5.74) is 0. The first-order valence-electron chi connectivity index (χ1n) is 25.2. The summed E-state index contributed by atoms with van der Waals surface area (Å²) in [6, 6.07) is 0. The Morgan fingerprint density at radius 1 is 0.333 bits per heavy atom. The molecule has 0 saturated heterocycles. The quantitative estimate of drug-likeness (QED) is 0.0263. The fourth-order valence-electron chi connectivity index (χ4n) is 6.48. The van der Waals surface area contributed by atoms with Gasteiger partial charge in [0.25, 0.3) is 0 Å². The molecule has 0 aromatic rings. The van der Waals surface area contributed by atoms with Crippen molar-refractivity contribution >= 4 is 17.9 Å². The molecule has 1 unspecified atom stereocenters. The Bertz CT molecular complexity index is 1370. The maximum Gasteiger partial charge on any atom is 0.306 e. The first-order chi connectivity index (χ1) is 31.0. The lowest BCUT2D eigenvalue weighted by Gasteiger charge is -2.18. The third kappa shape index (κ3) is 48.7. The highest BCUT2D eigenvalue weighted by Crippen LogP contribution is 2.15. The van der Waals surface area contributed by atoms with Crippen LogP contribution in [0.3, 0.4) is 0 Å². The van der Waals surface area contributed by atoms with Crippen LogP contribution in [0, 0.1) is 0 Å². The Morgan fingerprint density at radius 3 is 0.968 bits per heavy atom. The fraction of sp³-hybridized carbons (Fsp3) is 0.596. The van der Waals surface area contributed by atoms with Crippen LogP contribution >= 0.6 is 0 Å². The number of allylic oxidation sites excluding steroid dienone is 20. The number of hydrogen-bond donors (Lipinski definition) is 0. The zero-order valence-corrected chi connectivity index (χ0v) is 40.3. The van der Waals surface area contributed by atoms with Gasteiger partial charge in [-0.25, -0.2) is 0 Å². The van der Waals surface area contributed by atoms with Gasteiger partial charge in [-0.05, 0) is 57.8 Å². The van der Waals surface area contributed by atoms with Crippen LogP contribution < -0.4 is 0 Å². The van der Waals surface area contributed by atoms with Crippen LogP contribution in [0.25, 0.3) is 0 Å². The molecule has 6 nitrogen and oxygen atoms in total. The van der Waals surface area contributed by atoms with Crippen molar-refractivity contribution in [1.82, 2.24) is 0 Å². The SMILES string of the molecule is CC\C=C/C=C\C=C/C=C\C=C\C=C/CCCCCC(=O)OCC(COC(=O)CCCCC\C=C/C=C\C=C/C=C\CC)OC(=O)CCCCCCCCCCCCCCCCC. The second-order valence-corrected chi connectivity index (χ2v) is 16.2. The van der Waals surface area contributed by atoms with Crippen molar-refractivity contribution < 1.29 is 28.6 Å². The van der Waals surface area contributed by atoms with Gasteiger partial charge in [0, 0.05) is 19.3 Å². The van der Waals surface area contributed by atoms with Crippen LogP contribution in [0.1, 0.15) is 201 Å². The van der Waals surface area contributed by atoms with Crippen LogP contribution in [0.4, 0.5) is 0 Å². The van der Waals surface area contributed by atoms with Gasteiger partial charge in [-0.1, -0.05) is 245 Å². The van der Waals surface area contributed by atoms with Crippen LogP contribution in [-0.2, 0) is 28.6 Å². The van der Waals surface area contributed by atoms with Crippen molar-refractivity contribution in [3.05, 3.63) is 122 Å². The van der Waals surface area contributed by atoms with Gasteiger partial charge in [0.2, 0.25) is 0 Å². The lowest BCUT2D eigenvalue weighted by atomic mass is 10.0. The van der Waals surface area contributed by atoms with Gasteiger partial charge in [0.15, 0.2) is 6.10 Å². The smallest absolute Gasteiger partial charge is 0.306 e. The molecule has 0 heterocycles. The van der Waals surface area contributed by atoms with Crippen LogP contribution in [-0.4, -0.2) is 37.2 Å². The normalized spacial score (nSPS) is 13.1. The molecule has 6 heteroatoms. The molecule has 0 saturated carbocycles. The molecule has 0 aromatic carbocycles. The maximum absolute atomic E-state index is 12.8. The van der Waals surface area contributed by atoms with E-state index in [4.69, 9.17) is 14.2 Å². The molecule has 354 valence electrons. The molecular formula is C57H90O6. The average molecular weight is 871 g/mol. The maximum atomic E-state index is 12.8. The fourth-order valence-corrected chi connectivity index (χ4v) is 6.48.